The summed E-state index contributed by atoms with van der Waals surface area (Å²) in [5.41, 5.74) is 9.34. The number of hydrogen-bond acceptors (Lipinski definition) is 6. The Morgan fingerprint density at radius 2 is 1.79 bits per heavy atom. The van der Waals surface area contributed by atoms with Crippen molar-refractivity contribution in [3.63, 3.8) is 0 Å². The van der Waals surface area contributed by atoms with E-state index in [9.17, 15) is 24.9 Å². The highest BCUT2D eigenvalue weighted by molar-refractivity contribution is 5.89. The number of carbonyl (C=O) groups is 2. The lowest BCUT2D eigenvalue weighted by Gasteiger charge is -2.28. The summed E-state index contributed by atoms with van der Waals surface area (Å²) in [6.45, 7) is 4.28. The van der Waals surface area contributed by atoms with E-state index in [1.54, 1.807) is 6.07 Å². The van der Waals surface area contributed by atoms with Crippen molar-refractivity contribution in [3.05, 3.63) is 94.5 Å². The predicted molar refractivity (Wildman–Crippen MR) is 149 cm³/mol. The van der Waals surface area contributed by atoms with E-state index in [1.807, 2.05) is 62.4 Å². The fourth-order valence-corrected chi connectivity index (χ4v) is 5.06. The van der Waals surface area contributed by atoms with Gasteiger partial charge in [-0.05, 0) is 60.2 Å². The van der Waals surface area contributed by atoms with E-state index in [2.05, 4.69) is 16.0 Å². The van der Waals surface area contributed by atoms with Crippen LogP contribution in [0.4, 0.5) is 10.5 Å². The van der Waals surface area contributed by atoms with Crippen molar-refractivity contribution in [1.82, 2.24) is 10.6 Å². The first-order chi connectivity index (χ1) is 18.5. The average Bonchev–Trinajstić information content (AvgIpc) is 3.18. The minimum Gasteiger partial charge on any atom is -0.506 e. The number of anilines is 1. The van der Waals surface area contributed by atoms with E-state index in [0.29, 0.717) is 18.4 Å². The van der Waals surface area contributed by atoms with Crippen LogP contribution in [0.15, 0.2) is 66.7 Å². The summed E-state index contributed by atoms with van der Waals surface area (Å²) in [5, 5.41) is 39.7. The van der Waals surface area contributed by atoms with E-state index in [1.165, 1.54) is 12.1 Å². The van der Waals surface area contributed by atoms with Crippen molar-refractivity contribution in [2.45, 2.75) is 56.9 Å². The molecule has 0 heterocycles. The third kappa shape index (κ3) is 7.35. The number of carbonyl (C=O) groups excluding carboxylic acids is 2. The first-order valence-electron chi connectivity index (χ1n) is 13.0. The van der Waals surface area contributed by atoms with Gasteiger partial charge in [0.15, 0.2) is 0 Å². The number of primary amides is 1. The zero-order valence-electron chi connectivity index (χ0n) is 22.1. The van der Waals surface area contributed by atoms with Crippen LogP contribution in [0.1, 0.15) is 53.8 Å². The summed E-state index contributed by atoms with van der Waals surface area (Å²) in [5.74, 6) is -0.289. The maximum Gasteiger partial charge on any atom is 0.316 e. The number of rotatable bonds is 10. The Morgan fingerprint density at radius 1 is 1.05 bits per heavy atom. The normalized spacial score (nSPS) is 17.3. The van der Waals surface area contributed by atoms with Crippen LogP contribution < -0.4 is 21.7 Å². The Kier molecular flexibility index (Phi) is 8.54. The van der Waals surface area contributed by atoms with Gasteiger partial charge < -0.3 is 37.0 Å². The van der Waals surface area contributed by atoms with Crippen molar-refractivity contribution in [3.8, 4) is 5.75 Å². The highest BCUT2D eigenvalue weighted by atomic mass is 16.3. The van der Waals surface area contributed by atoms with Gasteiger partial charge in [0.2, 0.25) is 5.91 Å². The molecule has 0 radical (unpaired) electrons. The summed E-state index contributed by atoms with van der Waals surface area (Å²) in [6.07, 6.45) is -0.134. The van der Waals surface area contributed by atoms with Crippen LogP contribution in [0.5, 0.6) is 5.75 Å². The molecule has 0 saturated heterocycles. The topological polar surface area (TPSA) is 157 Å². The first-order valence-corrected chi connectivity index (χ1v) is 13.0. The minimum absolute atomic E-state index is 0.130. The number of nitrogens with two attached hydrogens (primary N) is 1. The molecule has 39 heavy (non-hydrogen) atoms. The average molecular weight is 533 g/mol. The number of nitrogens with one attached hydrogen (secondary N) is 3. The summed E-state index contributed by atoms with van der Waals surface area (Å²) in [7, 11) is 0. The van der Waals surface area contributed by atoms with Gasteiger partial charge >= 0.3 is 6.03 Å². The molecule has 0 spiro atoms. The van der Waals surface area contributed by atoms with Gasteiger partial charge in [-0.25, -0.2) is 4.79 Å². The van der Waals surface area contributed by atoms with Crippen molar-refractivity contribution >= 4 is 17.6 Å². The number of β-amino-alcohol motifs (C(OH)–C–C–N with tert-alkyl or cyclic N) is 1. The van der Waals surface area contributed by atoms with Crippen molar-refractivity contribution < 1.29 is 24.9 Å². The van der Waals surface area contributed by atoms with Crippen LogP contribution in [-0.4, -0.2) is 45.4 Å². The first kappa shape index (κ1) is 28.1. The Hall–Kier alpha value is -3.92. The lowest BCUT2D eigenvalue weighted by atomic mass is 9.93. The van der Waals surface area contributed by atoms with Gasteiger partial charge in [-0.3, -0.25) is 4.79 Å². The minimum atomic E-state index is -0.885. The molecule has 1 aliphatic carbocycles. The number of amides is 3. The Morgan fingerprint density at radius 3 is 2.56 bits per heavy atom. The van der Waals surface area contributed by atoms with E-state index in [-0.39, 0.29) is 35.8 Å². The second-order valence-corrected chi connectivity index (χ2v) is 10.7. The van der Waals surface area contributed by atoms with Crippen LogP contribution in [-0.2, 0) is 24.1 Å². The van der Waals surface area contributed by atoms with Crippen molar-refractivity contribution in [1.29, 1.82) is 0 Å². The Bertz CT molecular complexity index is 1340. The molecule has 0 aromatic heterocycles. The highest BCUT2D eigenvalue weighted by Gasteiger charge is 2.31. The molecule has 0 unspecified atom stereocenters. The second-order valence-electron chi connectivity index (χ2n) is 10.7. The second kappa shape index (κ2) is 11.9. The fourth-order valence-electron chi connectivity index (χ4n) is 5.06. The lowest BCUT2D eigenvalue weighted by Crippen LogP contribution is -2.43. The molecule has 0 fully saturated rings. The van der Waals surface area contributed by atoms with Crippen LogP contribution in [0, 0.1) is 0 Å². The van der Waals surface area contributed by atoms with Crippen LogP contribution in [0.25, 0.3) is 0 Å². The molecule has 8 N–H and O–H groups in total. The third-order valence-electron chi connectivity index (χ3n) is 6.96. The molecular weight excluding hydrogens is 496 g/mol. The van der Waals surface area contributed by atoms with Gasteiger partial charge in [0.1, 0.15) is 5.75 Å². The largest absolute Gasteiger partial charge is 0.506 e. The molecule has 1 aliphatic rings. The number of phenolic OH excluding ortho intramolecular Hbond substituents is 1. The number of aliphatic hydroxyl groups is 2. The lowest BCUT2D eigenvalue weighted by molar-refractivity contribution is -0.121. The van der Waals surface area contributed by atoms with Gasteiger partial charge in [0.05, 0.1) is 30.4 Å². The van der Waals surface area contributed by atoms with E-state index in [4.69, 9.17) is 5.73 Å². The number of benzene rings is 3. The maximum absolute atomic E-state index is 12.8. The van der Waals surface area contributed by atoms with Gasteiger partial charge in [-0.2, -0.15) is 0 Å². The molecular formula is C30H36N4O5. The van der Waals surface area contributed by atoms with Crippen LogP contribution in [0.2, 0.25) is 0 Å². The molecule has 206 valence electrons. The molecule has 0 aliphatic heterocycles. The molecule has 4 rings (SSSR count). The van der Waals surface area contributed by atoms with E-state index < -0.39 is 24.3 Å². The fraction of sp³-hybridized carbons (Fsp3) is 0.333. The zero-order valence-corrected chi connectivity index (χ0v) is 22.1. The summed E-state index contributed by atoms with van der Waals surface area (Å²) in [4.78, 5) is 24.0. The monoisotopic (exact) mass is 532 g/mol. The molecule has 0 bridgehead atoms. The SMILES string of the molecule is CC(C)(Cc1cccc(CC(=O)N[C@H]2c3ccccc3C[C@H]2O)c1)NC[C@@H](O)c1ccc(O)c(NC(N)=O)c1. The summed E-state index contributed by atoms with van der Waals surface area (Å²) < 4.78 is 0. The molecule has 3 aromatic carbocycles. The quantitative estimate of drug-likeness (QED) is 0.199. The molecule has 3 aromatic rings. The zero-order chi connectivity index (χ0) is 28.2. The van der Waals surface area contributed by atoms with Crippen molar-refractivity contribution in [2.75, 3.05) is 11.9 Å². The number of aliphatic hydroxyl groups excluding tert-OH is 2. The van der Waals surface area contributed by atoms with Gasteiger partial charge in [-0.1, -0.05) is 54.6 Å². The van der Waals surface area contributed by atoms with Crippen LogP contribution in [0.3, 0.4) is 0 Å². The van der Waals surface area contributed by atoms with Gasteiger partial charge in [-0.15, -0.1) is 0 Å². The molecule has 3 amide bonds. The molecule has 0 saturated carbocycles. The highest BCUT2D eigenvalue weighted by Crippen LogP contribution is 2.31. The number of aromatic hydroxyl groups is 1. The van der Waals surface area contributed by atoms with Gasteiger partial charge in [0.25, 0.3) is 0 Å². The number of fused-ring (bicyclic) bond motifs is 1. The summed E-state index contributed by atoms with van der Waals surface area (Å²) in [6, 6.07) is 18.9. The maximum atomic E-state index is 12.8. The number of hydrogen-bond donors (Lipinski definition) is 7. The number of phenols is 1. The van der Waals surface area contributed by atoms with E-state index >= 15 is 0 Å². The molecule has 3 atom stereocenters. The Labute approximate surface area is 228 Å². The van der Waals surface area contributed by atoms with Crippen molar-refractivity contribution in [2.24, 2.45) is 5.73 Å². The smallest absolute Gasteiger partial charge is 0.316 e. The Balaban J connectivity index is 1.33. The molecule has 9 heteroatoms. The van der Waals surface area contributed by atoms with Gasteiger partial charge in [0, 0.05) is 18.5 Å². The molecule has 9 nitrogen and oxygen atoms in total. The predicted octanol–water partition coefficient (Wildman–Crippen LogP) is 2.84. The third-order valence-corrected chi connectivity index (χ3v) is 6.96. The van der Waals surface area contributed by atoms with Crippen LogP contribution >= 0.6 is 0 Å². The number of urea groups is 1. The standard InChI is InChI=1S/C30H36N4O5/c1-30(2,32-17-26(37)21-10-11-24(35)23(14-21)33-29(31)39)16-19-7-5-6-18(12-19)13-27(38)34-28-22-9-4-3-8-20(22)15-25(28)36/h3-12,14,25-26,28,32,35-37H,13,15-17H2,1-2H3,(H,34,38)(H3,31,33,39)/t25-,26-,28+/m1/s1. The summed E-state index contributed by atoms with van der Waals surface area (Å²) >= 11 is 0. The van der Waals surface area contributed by atoms with E-state index in [0.717, 1.165) is 22.3 Å².